The molecule has 0 aliphatic carbocycles. The second-order valence-electron chi connectivity index (χ2n) is 5.85. The van der Waals surface area contributed by atoms with Crippen molar-refractivity contribution in [2.75, 3.05) is 5.32 Å². The molecule has 0 radical (unpaired) electrons. The Labute approximate surface area is 160 Å². The molecule has 2 aromatic carbocycles. The molecule has 134 valence electrons. The first-order chi connectivity index (χ1) is 13.3. The number of anilines is 1. The van der Waals surface area contributed by atoms with E-state index in [1.165, 1.54) is 11.3 Å². The largest absolute Gasteiger partial charge is 0.380 e. The smallest absolute Gasteiger partial charge is 0.296 e. The Morgan fingerprint density at radius 2 is 1.81 bits per heavy atom. The number of fused-ring (bicyclic) bond motifs is 1. The predicted octanol–water partition coefficient (Wildman–Crippen LogP) is 4.63. The summed E-state index contributed by atoms with van der Waals surface area (Å²) >= 11 is 1.36. The molecule has 0 saturated carbocycles. The van der Waals surface area contributed by atoms with Gasteiger partial charge in [-0.3, -0.25) is 9.78 Å². The van der Waals surface area contributed by atoms with Gasteiger partial charge in [-0.25, -0.2) is 0 Å². The zero-order valence-electron chi connectivity index (χ0n) is 14.4. The van der Waals surface area contributed by atoms with E-state index in [0.717, 1.165) is 22.2 Å². The summed E-state index contributed by atoms with van der Waals surface area (Å²) < 4.78 is 0. The molecular weight excluding hydrogens is 358 g/mol. The normalized spacial score (nSPS) is 10.5. The predicted molar refractivity (Wildman–Crippen MR) is 108 cm³/mol. The van der Waals surface area contributed by atoms with Crippen LogP contribution in [0.25, 0.3) is 10.9 Å². The van der Waals surface area contributed by atoms with E-state index in [1.54, 1.807) is 18.3 Å². The van der Waals surface area contributed by atoms with Crippen molar-refractivity contribution >= 4 is 33.8 Å². The molecule has 2 aromatic heterocycles. The maximum Gasteiger partial charge on any atom is 0.296 e. The van der Waals surface area contributed by atoms with Gasteiger partial charge in [0.1, 0.15) is 4.88 Å². The fraction of sp³-hybridized carbons (Fsp3) is 0.0476. The average Bonchev–Trinajstić information content (AvgIpc) is 3.20. The summed E-state index contributed by atoms with van der Waals surface area (Å²) in [6, 6.07) is 21.0. The Kier molecular flexibility index (Phi) is 4.98. The van der Waals surface area contributed by atoms with Crippen LogP contribution in [0.3, 0.4) is 0 Å². The van der Waals surface area contributed by atoms with Gasteiger partial charge in [-0.2, -0.15) is 5.48 Å². The Morgan fingerprint density at radius 3 is 2.70 bits per heavy atom. The van der Waals surface area contributed by atoms with E-state index < -0.39 is 0 Å². The molecule has 0 aliphatic rings. The quantitative estimate of drug-likeness (QED) is 0.482. The van der Waals surface area contributed by atoms with Crippen molar-refractivity contribution in [3.63, 3.8) is 0 Å². The van der Waals surface area contributed by atoms with Crippen LogP contribution in [-0.2, 0) is 6.54 Å². The molecule has 0 bridgehead atoms. The number of carbonyl (C=O) groups is 1. The zero-order chi connectivity index (χ0) is 18.5. The van der Waals surface area contributed by atoms with Crippen LogP contribution in [0.1, 0.15) is 15.2 Å². The highest BCUT2D eigenvalue weighted by molar-refractivity contribution is 7.12. The van der Waals surface area contributed by atoms with Crippen LogP contribution < -0.4 is 15.6 Å². The summed E-state index contributed by atoms with van der Waals surface area (Å²) in [5, 5.41) is 6.32. The number of carbonyl (C=O) groups excluding carboxylic acids is 1. The summed E-state index contributed by atoms with van der Waals surface area (Å²) in [5.74, 6) is 0.302. The Balaban J connectivity index is 1.45. The molecular formula is C21H17N3O2S. The topological polar surface area (TPSA) is 63.2 Å². The van der Waals surface area contributed by atoms with Crippen molar-refractivity contribution in [1.29, 1.82) is 0 Å². The van der Waals surface area contributed by atoms with Gasteiger partial charge in [-0.15, -0.1) is 11.3 Å². The van der Waals surface area contributed by atoms with Gasteiger partial charge in [-0.05, 0) is 41.3 Å². The van der Waals surface area contributed by atoms with Gasteiger partial charge in [0.2, 0.25) is 0 Å². The maximum atomic E-state index is 12.4. The molecule has 2 N–H and O–H groups in total. The lowest BCUT2D eigenvalue weighted by molar-refractivity contribution is 0.0765. The Bertz CT molecular complexity index is 1060. The highest BCUT2D eigenvalue weighted by Gasteiger charge is 2.14. The van der Waals surface area contributed by atoms with Gasteiger partial charge < -0.3 is 10.2 Å². The maximum absolute atomic E-state index is 12.4. The molecule has 6 heteroatoms. The van der Waals surface area contributed by atoms with Crippen LogP contribution in [0.5, 0.6) is 5.75 Å². The van der Waals surface area contributed by atoms with Gasteiger partial charge in [-0.1, -0.05) is 36.4 Å². The molecule has 0 spiro atoms. The number of hydrogen-bond acceptors (Lipinski definition) is 5. The minimum atomic E-state index is -0.282. The number of aromatic nitrogens is 1. The summed E-state index contributed by atoms with van der Waals surface area (Å²) in [7, 11) is 0. The van der Waals surface area contributed by atoms with Crippen molar-refractivity contribution in [2.24, 2.45) is 0 Å². The summed E-state index contributed by atoms with van der Waals surface area (Å²) in [6.07, 6.45) is 1.80. The van der Waals surface area contributed by atoms with Crippen LogP contribution in [0.2, 0.25) is 0 Å². The number of hydroxylamine groups is 1. The van der Waals surface area contributed by atoms with Crippen molar-refractivity contribution in [3.8, 4) is 5.75 Å². The number of para-hydroxylation sites is 2. The fourth-order valence-electron chi connectivity index (χ4n) is 2.76. The third kappa shape index (κ3) is 3.91. The van der Waals surface area contributed by atoms with Crippen LogP contribution >= 0.6 is 11.3 Å². The lowest BCUT2D eigenvalue weighted by Gasteiger charge is -2.10. The van der Waals surface area contributed by atoms with E-state index in [9.17, 15) is 4.79 Å². The van der Waals surface area contributed by atoms with Gasteiger partial charge in [0, 0.05) is 18.1 Å². The number of benzene rings is 2. The Hall–Kier alpha value is -3.38. The molecule has 0 saturated heterocycles. The molecule has 27 heavy (non-hydrogen) atoms. The van der Waals surface area contributed by atoms with Crippen molar-refractivity contribution < 1.29 is 9.63 Å². The number of nitrogens with one attached hydrogen (secondary N) is 2. The van der Waals surface area contributed by atoms with E-state index in [0.29, 0.717) is 17.2 Å². The van der Waals surface area contributed by atoms with Crippen LogP contribution in [0.15, 0.2) is 78.3 Å². The highest BCUT2D eigenvalue weighted by atomic mass is 32.1. The second kappa shape index (κ2) is 7.88. The summed E-state index contributed by atoms with van der Waals surface area (Å²) in [5.41, 5.74) is 5.34. The monoisotopic (exact) mass is 375 g/mol. The second-order valence-corrected chi connectivity index (χ2v) is 6.77. The minimum absolute atomic E-state index is 0.282. The third-order valence-electron chi connectivity index (χ3n) is 4.08. The molecule has 2 heterocycles. The number of thiophene rings is 1. The zero-order valence-corrected chi connectivity index (χ0v) is 15.2. The van der Waals surface area contributed by atoms with E-state index in [1.807, 2.05) is 60.0 Å². The van der Waals surface area contributed by atoms with Crippen molar-refractivity contribution in [2.45, 2.75) is 6.54 Å². The van der Waals surface area contributed by atoms with Crippen LogP contribution in [-0.4, -0.2) is 10.9 Å². The van der Waals surface area contributed by atoms with E-state index in [-0.39, 0.29) is 5.91 Å². The van der Waals surface area contributed by atoms with Gasteiger partial charge in [0.05, 0.1) is 11.2 Å². The molecule has 0 unspecified atom stereocenters. The number of hydrogen-bond donors (Lipinski definition) is 2. The minimum Gasteiger partial charge on any atom is -0.380 e. The molecule has 0 atom stereocenters. The average molecular weight is 375 g/mol. The first kappa shape index (κ1) is 17.1. The standard InChI is InChI=1S/C21H17N3O2S/c25-21(24-26-16-6-2-1-3-7-16)20-19(11-13-27-20)23-14-15-10-12-22-18-9-5-4-8-17(15)18/h1-13,23H,14H2,(H,24,25). The third-order valence-corrected chi connectivity index (χ3v) is 5.00. The number of nitrogens with zero attached hydrogens (tertiary/aromatic N) is 1. The van der Waals surface area contributed by atoms with Crippen molar-refractivity contribution in [1.82, 2.24) is 10.5 Å². The summed E-state index contributed by atoms with van der Waals surface area (Å²) in [4.78, 5) is 22.7. The summed E-state index contributed by atoms with van der Waals surface area (Å²) in [6.45, 7) is 0.597. The first-order valence-electron chi connectivity index (χ1n) is 8.47. The number of pyridine rings is 1. The van der Waals surface area contributed by atoms with Gasteiger partial charge in [0.25, 0.3) is 5.91 Å². The van der Waals surface area contributed by atoms with Gasteiger partial charge in [0.15, 0.2) is 5.75 Å². The van der Waals surface area contributed by atoms with Crippen LogP contribution in [0.4, 0.5) is 5.69 Å². The van der Waals surface area contributed by atoms with E-state index in [4.69, 9.17) is 4.84 Å². The molecule has 1 amide bonds. The van der Waals surface area contributed by atoms with Crippen LogP contribution in [0, 0.1) is 0 Å². The lowest BCUT2D eigenvalue weighted by atomic mass is 10.1. The molecule has 5 nitrogen and oxygen atoms in total. The molecule has 0 aliphatic heterocycles. The van der Waals surface area contributed by atoms with Gasteiger partial charge >= 0.3 is 0 Å². The molecule has 0 fully saturated rings. The number of amides is 1. The molecule has 4 rings (SSSR count). The number of rotatable bonds is 6. The van der Waals surface area contributed by atoms with Crippen molar-refractivity contribution in [3.05, 3.63) is 88.7 Å². The lowest BCUT2D eigenvalue weighted by Crippen LogP contribution is -2.26. The molecule has 4 aromatic rings. The van der Waals surface area contributed by atoms with E-state index in [2.05, 4.69) is 15.8 Å². The van der Waals surface area contributed by atoms with E-state index >= 15 is 0 Å². The SMILES string of the molecule is O=C(NOc1ccccc1)c1sccc1NCc1ccnc2ccccc12. The highest BCUT2D eigenvalue weighted by Crippen LogP contribution is 2.24. The first-order valence-corrected chi connectivity index (χ1v) is 9.35. The Morgan fingerprint density at radius 1 is 1.00 bits per heavy atom. The fourth-order valence-corrected chi connectivity index (χ4v) is 3.52.